The minimum absolute atomic E-state index is 0.0273. The lowest BCUT2D eigenvalue weighted by Crippen LogP contribution is -2.25. The lowest BCUT2D eigenvalue weighted by atomic mass is 9.85. The summed E-state index contributed by atoms with van der Waals surface area (Å²) >= 11 is 0. The van der Waals surface area contributed by atoms with Gasteiger partial charge in [0.2, 0.25) is 5.91 Å². The van der Waals surface area contributed by atoms with E-state index in [1.807, 2.05) is 61.0 Å². The van der Waals surface area contributed by atoms with Crippen LogP contribution >= 0.6 is 0 Å². The van der Waals surface area contributed by atoms with Crippen LogP contribution in [0.5, 0.6) is 11.5 Å². The zero-order valence-electron chi connectivity index (χ0n) is 16.4. The predicted molar refractivity (Wildman–Crippen MR) is 108 cm³/mol. The number of amides is 1. The number of hydrogen-bond donors (Lipinski definition) is 1. The summed E-state index contributed by atoms with van der Waals surface area (Å²) in [4.78, 5) is 12.5. The van der Waals surface area contributed by atoms with Crippen molar-refractivity contribution in [2.75, 3.05) is 19.5 Å². The van der Waals surface area contributed by atoms with E-state index in [0.717, 1.165) is 28.3 Å². The van der Waals surface area contributed by atoms with Gasteiger partial charge in [-0.15, -0.1) is 0 Å². The van der Waals surface area contributed by atoms with Gasteiger partial charge in [0.15, 0.2) is 11.5 Å². The molecular formula is C22H23N3O3. The van der Waals surface area contributed by atoms with Crippen molar-refractivity contribution in [3.05, 3.63) is 64.8 Å². The van der Waals surface area contributed by atoms with Gasteiger partial charge in [0, 0.05) is 17.9 Å². The number of nitrogens with zero attached hydrogens (tertiary/aromatic N) is 2. The van der Waals surface area contributed by atoms with Gasteiger partial charge in [-0.3, -0.25) is 4.79 Å². The molecule has 0 bridgehead atoms. The summed E-state index contributed by atoms with van der Waals surface area (Å²) in [6.45, 7) is 4.03. The molecule has 1 aromatic heterocycles. The summed E-state index contributed by atoms with van der Waals surface area (Å²) in [5.41, 5.74) is 5.03. The first-order valence-corrected chi connectivity index (χ1v) is 9.20. The molecule has 2 aromatic carbocycles. The fourth-order valence-electron chi connectivity index (χ4n) is 3.77. The second kappa shape index (κ2) is 7.03. The third kappa shape index (κ3) is 3.01. The van der Waals surface area contributed by atoms with Crippen LogP contribution in [0.25, 0.3) is 5.69 Å². The molecule has 144 valence electrons. The van der Waals surface area contributed by atoms with Crippen molar-refractivity contribution in [1.82, 2.24) is 9.78 Å². The van der Waals surface area contributed by atoms with E-state index in [2.05, 4.69) is 5.32 Å². The third-order valence-electron chi connectivity index (χ3n) is 5.19. The number of carbonyl (C=O) groups is 1. The van der Waals surface area contributed by atoms with Crippen LogP contribution < -0.4 is 14.8 Å². The average molecular weight is 377 g/mol. The minimum atomic E-state index is -0.0947. The van der Waals surface area contributed by atoms with Crippen LogP contribution in [-0.4, -0.2) is 29.9 Å². The molecule has 6 nitrogen and oxygen atoms in total. The van der Waals surface area contributed by atoms with Gasteiger partial charge in [0.05, 0.1) is 25.6 Å². The molecule has 1 atom stereocenters. The summed E-state index contributed by atoms with van der Waals surface area (Å²) in [7, 11) is 3.22. The number of aryl methyl sites for hydroxylation is 2. The number of methoxy groups -OCH3 is 2. The fraction of sp³-hybridized carbons (Fsp3) is 0.273. The second-order valence-electron chi connectivity index (χ2n) is 7.01. The Morgan fingerprint density at radius 3 is 2.43 bits per heavy atom. The summed E-state index contributed by atoms with van der Waals surface area (Å²) in [6.07, 6.45) is 0.364. The van der Waals surface area contributed by atoms with Crippen molar-refractivity contribution in [3.8, 4) is 17.2 Å². The highest BCUT2D eigenvalue weighted by Gasteiger charge is 2.33. The summed E-state index contributed by atoms with van der Waals surface area (Å²) in [6, 6.07) is 13.9. The van der Waals surface area contributed by atoms with E-state index >= 15 is 0 Å². The maximum atomic E-state index is 12.5. The van der Waals surface area contributed by atoms with Gasteiger partial charge in [0.25, 0.3) is 0 Å². The molecule has 1 amide bonds. The Morgan fingerprint density at radius 2 is 1.75 bits per heavy atom. The van der Waals surface area contributed by atoms with Crippen molar-refractivity contribution in [1.29, 1.82) is 0 Å². The molecule has 0 radical (unpaired) electrons. The molecule has 3 aromatic rings. The smallest absolute Gasteiger partial charge is 0.226 e. The highest BCUT2D eigenvalue weighted by molar-refractivity contribution is 5.95. The van der Waals surface area contributed by atoms with Crippen molar-refractivity contribution >= 4 is 11.7 Å². The van der Waals surface area contributed by atoms with E-state index in [4.69, 9.17) is 14.6 Å². The Labute approximate surface area is 164 Å². The summed E-state index contributed by atoms with van der Waals surface area (Å²) < 4.78 is 12.6. The maximum Gasteiger partial charge on any atom is 0.226 e. The van der Waals surface area contributed by atoms with E-state index in [1.165, 1.54) is 5.56 Å². The topological polar surface area (TPSA) is 65.4 Å². The molecule has 0 saturated heterocycles. The quantitative estimate of drug-likeness (QED) is 0.747. The lowest BCUT2D eigenvalue weighted by Gasteiger charge is -2.25. The van der Waals surface area contributed by atoms with Crippen molar-refractivity contribution in [2.45, 2.75) is 26.2 Å². The van der Waals surface area contributed by atoms with E-state index < -0.39 is 0 Å². The van der Waals surface area contributed by atoms with Gasteiger partial charge in [-0.1, -0.05) is 23.8 Å². The van der Waals surface area contributed by atoms with Gasteiger partial charge < -0.3 is 14.8 Å². The van der Waals surface area contributed by atoms with Gasteiger partial charge in [-0.25, -0.2) is 4.68 Å². The van der Waals surface area contributed by atoms with E-state index in [0.29, 0.717) is 17.9 Å². The molecule has 1 N–H and O–H groups in total. The Balaban J connectivity index is 1.84. The molecule has 28 heavy (non-hydrogen) atoms. The number of ether oxygens (including phenoxy) is 2. The normalized spacial score (nSPS) is 15.7. The van der Waals surface area contributed by atoms with Crippen LogP contribution in [0.3, 0.4) is 0 Å². The number of benzene rings is 2. The monoisotopic (exact) mass is 377 g/mol. The second-order valence-corrected chi connectivity index (χ2v) is 7.01. The largest absolute Gasteiger partial charge is 0.493 e. The van der Waals surface area contributed by atoms with E-state index in [9.17, 15) is 4.79 Å². The maximum absolute atomic E-state index is 12.5. The third-order valence-corrected chi connectivity index (χ3v) is 5.19. The number of fused-ring (bicyclic) bond motifs is 1. The predicted octanol–water partition coefficient (Wildman–Crippen LogP) is 3.98. The average Bonchev–Trinajstić information content (AvgIpc) is 3.03. The van der Waals surface area contributed by atoms with Crippen molar-refractivity contribution < 1.29 is 14.3 Å². The first kappa shape index (κ1) is 18.1. The SMILES string of the molecule is COc1ccc([C@@H]2CC(=O)Nc3c2c(C)nn3-c2ccc(C)cc2)cc1OC. The number of nitrogens with one attached hydrogen (secondary N) is 1. The minimum Gasteiger partial charge on any atom is -0.493 e. The fourth-order valence-corrected chi connectivity index (χ4v) is 3.77. The van der Waals surface area contributed by atoms with Crippen LogP contribution in [0.1, 0.15) is 34.7 Å². The molecule has 0 spiro atoms. The van der Waals surface area contributed by atoms with Crippen molar-refractivity contribution in [2.24, 2.45) is 0 Å². The van der Waals surface area contributed by atoms with Crippen LogP contribution in [0.4, 0.5) is 5.82 Å². The Morgan fingerprint density at radius 1 is 1.04 bits per heavy atom. The molecule has 0 fully saturated rings. The molecular weight excluding hydrogens is 354 g/mol. The molecule has 2 heterocycles. The van der Waals surface area contributed by atoms with Crippen molar-refractivity contribution in [3.63, 3.8) is 0 Å². The molecule has 0 aliphatic carbocycles. The van der Waals surface area contributed by atoms with Gasteiger partial charge in [-0.2, -0.15) is 5.10 Å². The zero-order valence-corrected chi connectivity index (χ0v) is 16.4. The van der Waals surface area contributed by atoms with Crippen LogP contribution in [0.2, 0.25) is 0 Å². The van der Waals surface area contributed by atoms with Gasteiger partial charge >= 0.3 is 0 Å². The lowest BCUT2D eigenvalue weighted by molar-refractivity contribution is -0.116. The Kier molecular flexibility index (Phi) is 4.55. The standard InChI is InChI=1S/C22H23N3O3/c1-13-5-8-16(9-6-13)25-22-21(14(2)24-25)17(12-20(26)23-22)15-7-10-18(27-3)19(11-15)28-4/h5-11,17H,12H2,1-4H3,(H,23,26)/t17-/m0/s1. The van der Waals surface area contributed by atoms with Gasteiger partial charge in [-0.05, 0) is 43.7 Å². The number of aromatic nitrogens is 2. The first-order chi connectivity index (χ1) is 13.5. The number of hydrogen-bond acceptors (Lipinski definition) is 4. The van der Waals surface area contributed by atoms with Crippen LogP contribution in [0, 0.1) is 13.8 Å². The van der Waals surface area contributed by atoms with E-state index in [-0.39, 0.29) is 11.8 Å². The summed E-state index contributed by atoms with van der Waals surface area (Å²) in [5, 5.41) is 7.74. The van der Waals surface area contributed by atoms with E-state index in [1.54, 1.807) is 14.2 Å². The highest BCUT2D eigenvalue weighted by Crippen LogP contribution is 2.42. The molecule has 1 aliphatic heterocycles. The number of rotatable bonds is 4. The molecule has 6 heteroatoms. The Bertz CT molecular complexity index is 1040. The molecule has 1 aliphatic rings. The molecule has 0 unspecified atom stereocenters. The van der Waals surface area contributed by atoms with Crippen LogP contribution in [-0.2, 0) is 4.79 Å². The number of carbonyl (C=O) groups excluding carboxylic acids is 1. The molecule has 0 saturated carbocycles. The zero-order chi connectivity index (χ0) is 19.8. The Hall–Kier alpha value is -3.28. The number of anilines is 1. The van der Waals surface area contributed by atoms with Crippen LogP contribution in [0.15, 0.2) is 42.5 Å². The molecule has 4 rings (SSSR count). The van der Waals surface area contributed by atoms with Gasteiger partial charge in [0.1, 0.15) is 5.82 Å². The summed E-state index contributed by atoms with van der Waals surface area (Å²) in [5.74, 6) is 1.93. The highest BCUT2D eigenvalue weighted by atomic mass is 16.5. The first-order valence-electron chi connectivity index (χ1n) is 9.20.